The molecule has 1 saturated heterocycles. The molecule has 186 valence electrons. The van der Waals surface area contributed by atoms with Crippen molar-refractivity contribution >= 4 is 29.3 Å². The third kappa shape index (κ3) is 5.57. The summed E-state index contributed by atoms with van der Waals surface area (Å²) in [5.41, 5.74) is 4.55. The molecule has 0 spiro atoms. The molecule has 0 saturated carbocycles. The predicted molar refractivity (Wildman–Crippen MR) is 141 cm³/mol. The van der Waals surface area contributed by atoms with Crippen molar-refractivity contribution in [2.24, 2.45) is 5.92 Å². The number of benzene rings is 3. The summed E-state index contributed by atoms with van der Waals surface area (Å²) >= 11 is 0. The molecule has 7 heteroatoms. The summed E-state index contributed by atoms with van der Waals surface area (Å²) in [4.78, 5) is 38.8. The van der Waals surface area contributed by atoms with Crippen molar-refractivity contribution in [3.8, 4) is 11.1 Å². The Hall–Kier alpha value is -4.13. The molecule has 1 heterocycles. The van der Waals surface area contributed by atoms with Crippen molar-refractivity contribution in [3.63, 3.8) is 0 Å². The zero-order valence-electron chi connectivity index (χ0n) is 20.7. The second-order valence-electron chi connectivity index (χ2n) is 9.56. The quantitative estimate of drug-likeness (QED) is 0.395. The maximum Gasteiger partial charge on any atom is 0.335 e. The second kappa shape index (κ2) is 10.6. The van der Waals surface area contributed by atoms with E-state index < -0.39 is 12.0 Å². The van der Waals surface area contributed by atoms with Crippen LogP contribution in [0, 0.1) is 5.92 Å². The van der Waals surface area contributed by atoms with Crippen LogP contribution in [0.4, 0.5) is 16.2 Å². The molecule has 4 rings (SSSR count). The summed E-state index contributed by atoms with van der Waals surface area (Å²) in [5.74, 6) is -0.740. The summed E-state index contributed by atoms with van der Waals surface area (Å²) in [6.45, 7) is 6.74. The number of hydrogen-bond donors (Lipinski definition) is 3. The normalized spacial score (nSPS) is 17.2. The number of hydrogen-bond acceptors (Lipinski definition) is 3. The fraction of sp³-hybridized carbons (Fsp3) is 0.276. The first kappa shape index (κ1) is 25.0. The number of amides is 3. The summed E-state index contributed by atoms with van der Waals surface area (Å²) in [5, 5.41) is 14.9. The van der Waals surface area contributed by atoms with Crippen molar-refractivity contribution in [1.29, 1.82) is 0 Å². The van der Waals surface area contributed by atoms with Crippen LogP contribution in [0.3, 0.4) is 0 Å². The van der Waals surface area contributed by atoms with Gasteiger partial charge in [-0.05, 0) is 71.3 Å². The maximum atomic E-state index is 13.2. The van der Waals surface area contributed by atoms with Crippen LogP contribution in [-0.2, 0) is 4.79 Å². The molecule has 3 N–H and O–H groups in total. The topological polar surface area (TPSA) is 98.7 Å². The van der Waals surface area contributed by atoms with Gasteiger partial charge in [-0.1, -0.05) is 57.2 Å². The zero-order chi connectivity index (χ0) is 25.8. The van der Waals surface area contributed by atoms with E-state index >= 15 is 0 Å². The average Bonchev–Trinajstić information content (AvgIpc) is 3.26. The van der Waals surface area contributed by atoms with Crippen molar-refractivity contribution in [2.75, 3.05) is 17.2 Å². The molecule has 3 amide bonds. The van der Waals surface area contributed by atoms with Gasteiger partial charge in [0.15, 0.2) is 0 Å². The summed E-state index contributed by atoms with van der Waals surface area (Å²) in [6.07, 6.45) is 0.753. The predicted octanol–water partition coefficient (Wildman–Crippen LogP) is 6.06. The lowest BCUT2D eigenvalue weighted by Gasteiger charge is -2.26. The number of carboxylic acid groups (broad SMARTS) is 1. The van der Waals surface area contributed by atoms with Gasteiger partial charge < -0.3 is 20.6 Å². The molecule has 1 aliphatic rings. The van der Waals surface area contributed by atoms with Crippen LogP contribution in [-0.4, -0.2) is 40.5 Å². The van der Waals surface area contributed by atoms with Gasteiger partial charge in [0.25, 0.3) is 0 Å². The number of nitrogens with one attached hydrogen (secondary N) is 2. The molecule has 36 heavy (non-hydrogen) atoms. The van der Waals surface area contributed by atoms with E-state index in [1.165, 1.54) is 5.56 Å². The van der Waals surface area contributed by atoms with Crippen molar-refractivity contribution in [2.45, 2.75) is 39.2 Å². The van der Waals surface area contributed by atoms with Gasteiger partial charge in [0.1, 0.15) is 6.04 Å². The van der Waals surface area contributed by atoms with Crippen molar-refractivity contribution < 1.29 is 19.5 Å². The van der Waals surface area contributed by atoms with Crippen LogP contribution in [0.25, 0.3) is 11.1 Å². The highest BCUT2D eigenvalue weighted by Gasteiger charge is 2.39. The zero-order valence-corrected chi connectivity index (χ0v) is 20.7. The Morgan fingerprint density at radius 2 is 1.36 bits per heavy atom. The first-order valence-electron chi connectivity index (χ1n) is 12.1. The average molecular weight is 486 g/mol. The van der Waals surface area contributed by atoms with Crippen LogP contribution < -0.4 is 10.6 Å². The lowest BCUT2D eigenvalue weighted by Crippen LogP contribution is -2.47. The van der Waals surface area contributed by atoms with Gasteiger partial charge >= 0.3 is 12.0 Å². The number of urea groups is 1. The summed E-state index contributed by atoms with van der Waals surface area (Å²) < 4.78 is 0. The van der Waals surface area contributed by atoms with E-state index in [-0.39, 0.29) is 23.4 Å². The number of aromatic carboxylic acids is 1. The van der Waals surface area contributed by atoms with Gasteiger partial charge in [-0.15, -0.1) is 0 Å². The lowest BCUT2D eigenvalue weighted by atomic mass is 10.0. The largest absolute Gasteiger partial charge is 0.478 e. The minimum absolute atomic E-state index is 0.0334. The lowest BCUT2D eigenvalue weighted by molar-refractivity contribution is -0.120. The Morgan fingerprint density at radius 1 is 0.833 bits per heavy atom. The molecular weight excluding hydrogens is 454 g/mol. The molecule has 3 aromatic rings. The van der Waals surface area contributed by atoms with Gasteiger partial charge in [-0.2, -0.15) is 0 Å². The Labute approximate surface area is 211 Å². The summed E-state index contributed by atoms with van der Waals surface area (Å²) in [6, 6.07) is 20.9. The van der Waals surface area contributed by atoms with Gasteiger partial charge in [0, 0.05) is 17.9 Å². The number of carboxylic acids is 1. The molecule has 0 aliphatic carbocycles. The molecule has 1 aliphatic heterocycles. The van der Waals surface area contributed by atoms with Crippen LogP contribution in [0.5, 0.6) is 0 Å². The highest BCUT2D eigenvalue weighted by molar-refractivity contribution is 6.00. The van der Waals surface area contributed by atoms with E-state index in [0.29, 0.717) is 23.8 Å². The SMILES string of the molecule is CC(C)c1ccc(NC(=O)N2CC[C@@H](C)[C@@H]2C(=O)Nc2ccc(-c3ccc(C(=O)O)cc3)cc2)cc1. The Morgan fingerprint density at radius 3 is 1.92 bits per heavy atom. The molecule has 2 atom stereocenters. The first-order valence-corrected chi connectivity index (χ1v) is 12.1. The van der Waals surface area contributed by atoms with Gasteiger partial charge in [-0.25, -0.2) is 9.59 Å². The standard InChI is InChI=1S/C29H31N3O4/c1-18(2)20-8-12-25(13-9-20)31-29(36)32-17-16-19(3)26(32)27(33)30-24-14-10-22(11-15-24)21-4-6-23(7-5-21)28(34)35/h4-15,18-19,26H,16-17H2,1-3H3,(H,30,33)(H,31,36)(H,34,35)/t19-,26-/m1/s1. The van der Waals surface area contributed by atoms with Gasteiger partial charge in [0.2, 0.25) is 5.91 Å². The van der Waals surface area contributed by atoms with Crippen LogP contribution in [0.15, 0.2) is 72.8 Å². The van der Waals surface area contributed by atoms with E-state index in [2.05, 4.69) is 24.5 Å². The van der Waals surface area contributed by atoms with Gasteiger partial charge in [0.05, 0.1) is 5.56 Å². The van der Waals surface area contributed by atoms with Crippen LogP contribution in [0.1, 0.15) is 49.0 Å². The number of carbonyl (C=O) groups is 3. The molecule has 1 fully saturated rings. The minimum Gasteiger partial charge on any atom is -0.478 e. The van der Waals surface area contributed by atoms with E-state index in [0.717, 1.165) is 17.5 Å². The molecule has 0 unspecified atom stereocenters. The number of carbonyl (C=O) groups excluding carboxylic acids is 2. The highest BCUT2D eigenvalue weighted by atomic mass is 16.4. The third-order valence-corrected chi connectivity index (χ3v) is 6.68. The fourth-order valence-corrected chi connectivity index (χ4v) is 4.49. The number of rotatable bonds is 6. The Kier molecular flexibility index (Phi) is 7.38. The van der Waals surface area contributed by atoms with Gasteiger partial charge in [-0.3, -0.25) is 4.79 Å². The second-order valence-corrected chi connectivity index (χ2v) is 9.56. The Bertz CT molecular complexity index is 1240. The highest BCUT2D eigenvalue weighted by Crippen LogP contribution is 2.27. The molecule has 3 aromatic carbocycles. The van der Waals surface area contributed by atoms with E-state index in [1.54, 1.807) is 41.3 Å². The van der Waals surface area contributed by atoms with Crippen LogP contribution >= 0.6 is 0 Å². The molecule has 7 nitrogen and oxygen atoms in total. The Balaban J connectivity index is 1.41. The molecular formula is C29H31N3O4. The number of anilines is 2. The molecule has 0 bridgehead atoms. The summed E-state index contributed by atoms with van der Waals surface area (Å²) in [7, 11) is 0. The van der Waals surface area contributed by atoms with Crippen LogP contribution in [0.2, 0.25) is 0 Å². The third-order valence-electron chi connectivity index (χ3n) is 6.68. The van der Waals surface area contributed by atoms with E-state index in [9.17, 15) is 14.4 Å². The molecule has 0 radical (unpaired) electrons. The van der Waals surface area contributed by atoms with E-state index in [4.69, 9.17) is 5.11 Å². The smallest absolute Gasteiger partial charge is 0.335 e. The molecule has 0 aromatic heterocycles. The number of likely N-dealkylation sites (tertiary alicyclic amines) is 1. The minimum atomic E-state index is -0.965. The van der Waals surface area contributed by atoms with E-state index in [1.807, 2.05) is 43.3 Å². The van der Waals surface area contributed by atoms with Crippen molar-refractivity contribution in [3.05, 3.63) is 83.9 Å². The number of nitrogens with zero attached hydrogens (tertiary/aromatic N) is 1. The fourth-order valence-electron chi connectivity index (χ4n) is 4.49. The monoisotopic (exact) mass is 485 g/mol. The maximum absolute atomic E-state index is 13.2. The van der Waals surface area contributed by atoms with Crippen molar-refractivity contribution in [1.82, 2.24) is 4.90 Å². The first-order chi connectivity index (χ1) is 17.2.